The summed E-state index contributed by atoms with van der Waals surface area (Å²) in [6.45, 7) is 7.97. The molecule has 0 aromatic rings. The summed E-state index contributed by atoms with van der Waals surface area (Å²) in [7, 11) is 0. The number of nitrogens with one attached hydrogen (secondary N) is 1. The number of aliphatic carboxylic acids is 1. The van der Waals surface area contributed by atoms with Gasteiger partial charge >= 0.3 is 12.0 Å². The van der Waals surface area contributed by atoms with Gasteiger partial charge in [-0.1, -0.05) is 6.92 Å². The van der Waals surface area contributed by atoms with Crippen LogP contribution in [0.5, 0.6) is 0 Å². The van der Waals surface area contributed by atoms with Gasteiger partial charge in [0.1, 0.15) is 0 Å². The lowest BCUT2D eigenvalue weighted by molar-refractivity contribution is -0.137. The Morgan fingerprint density at radius 1 is 1.37 bits per heavy atom. The maximum Gasteiger partial charge on any atom is 0.318 e. The van der Waals surface area contributed by atoms with Gasteiger partial charge in [0.2, 0.25) is 0 Å². The van der Waals surface area contributed by atoms with Crippen LogP contribution in [-0.2, 0) is 4.79 Å². The van der Waals surface area contributed by atoms with Gasteiger partial charge in [-0.25, -0.2) is 4.79 Å². The van der Waals surface area contributed by atoms with Crippen molar-refractivity contribution in [3.8, 4) is 0 Å². The molecule has 0 aromatic carbocycles. The Hall–Kier alpha value is -0.910. The van der Waals surface area contributed by atoms with Crippen LogP contribution in [0.2, 0.25) is 0 Å². The van der Waals surface area contributed by atoms with Crippen LogP contribution in [0.1, 0.15) is 40.5 Å². The Morgan fingerprint density at radius 3 is 2.32 bits per heavy atom. The van der Waals surface area contributed by atoms with E-state index in [1.54, 1.807) is 16.7 Å². The molecule has 0 saturated carbocycles. The Morgan fingerprint density at radius 2 is 1.95 bits per heavy atom. The third-order valence-electron chi connectivity index (χ3n) is 2.79. The van der Waals surface area contributed by atoms with Crippen molar-refractivity contribution in [2.75, 3.05) is 18.6 Å². The Kier molecular flexibility index (Phi) is 7.90. The SMILES string of the molecule is CCC(CSC)NC(=O)N(CCC(=O)O)C(C)(C)C. The van der Waals surface area contributed by atoms with Gasteiger partial charge in [0, 0.05) is 23.9 Å². The van der Waals surface area contributed by atoms with E-state index in [4.69, 9.17) is 5.11 Å². The van der Waals surface area contributed by atoms with Crippen molar-refractivity contribution in [2.45, 2.75) is 52.1 Å². The summed E-state index contributed by atoms with van der Waals surface area (Å²) >= 11 is 1.69. The summed E-state index contributed by atoms with van der Waals surface area (Å²) < 4.78 is 0. The lowest BCUT2D eigenvalue weighted by Crippen LogP contribution is -2.53. The molecule has 5 nitrogen and oxygen atoms in total. The highest BCUT2D eigenvalue weighted by Crippen LogP contribution is 2.14. The van der Waals surface area contributed by atoms with E-state index in [1.807, 2.05) is 34.0 Å². The van der Waals surface area contributed by atoms with Crippen LogP contribution in [0.4, 0.5) is 4.79 Å². The first-order valence-corrected chi connectivity index (χ1v) is 7.90. The minimum atomic E-state index is -0.891. The normalized spacial score (nSPS) is 12.9. The number of carboxylic acid groups (broad SMARTS) is 1. The number of carbonyl (C=O) groups is 2. The molecule has 1 unspecified atom stereocenters. The van der Waals surface area contributed by atoms with Crippen LogP contribution in [-0.4, -0.2) is 52.1 Å². The van der Waals surface area contributed by atoms with Gasteiger partial charge in [-0.3, -0.25) is 4.79 Å². The molecule has 0 rings (SSSR count). The first-order valence-electron chi connectivity index (χ1n) is 6.51. The van der Waals surface area contributed by atoms with Gasteiger partial charge in [0.25, 0.3) is 0 Å². The van der Waals surface area contributed by atoms with E-state index in [2.05, 4.69) is 5.32 Å². The van der Waals surface area contributed by atoms with Gasteiger partial charge in [-0.2, -0.15) is 11.8 Å². The summed E-state index contributed by atoms with van der Waals surface area (Å²) in [5.41, 5.74) is -0.392. The van der Waals surface area contributed by atoms with Gasteiger partial charge in [-0.15, -0.1) is 0 Å². The lowest BCUT2D eigenvalue weighted by atomic mass is 10.1. The second-order valence-corrected chi connectivity index (χ2v) is 6.39. The van der Waals surface area contributed by atoms with Crippen molar-refractivity contribution < 1.29 is 14.7 Å². The molecule has 112 valence electrons. The molecule has 19 heavy (non-hydrogen) atoms. The molecule has 0 aliphatic rings. The Balaban J connectivity index is 4.66. The van der Waals surface area contributed by atoms with E-state index in [0.29, 0.717) is 0 Å². The zero-order valence-corrected chi connectivity index (χ0v) is 13.3. The smallest absolute Gasteiger partial charge is 0.318 e. The molecule has 1 atom stereocenters. The molecule has 0 saturated heterocycles. The molecule has 0 spiro atoms. The number of hydrogen-bond acceptors (Lipinski definition) is 3. The molecule has 0 aliphatic carbocycles. The van der Waals surface area contributed by atoms with Crippen molar-refractivity contribution in [2.24, 2.45) is 0 Å². The maximum absolute atomic E-state index is 12.3. The second-order valence-electron chi connectivity index (χ2n) is 5.48. The monoisotopic (exact) mass is 290 g/mol. The molecule has 0 bridgehead atoms. The lowest BCUT2D eigenvalue weighted by Gasteiger charge is -2.36. The van der Waals surface area contributed by atoms with Crippen molar-refractivity contribution >= 4 is 23.8 Å². The standard InChI is InChI=1S/C13H26N2O3S/c1-6-10(9-19-5)14-12(18)15(13(2,3)4)8-7-11(16)17/h10H,6-9H2,1-5H3,(H,14,18)(H,16,17). The van der Waals surface area contributed by atoms with Crippen LogP contribution in [0.3, 0.4) is 0 Å². The first kappa shape index (κ1) is 18.1. The van der Waals surface area contributed by atoms with Crippen molar-refractivity contribution in [1.29, 1.82) is 0 Å². The molecular formula is C13H26N2O3S. The van der Waals surface area contributed by atoms with Crippen LogP contribution < -0.4 is 5.32 Å². The summed E-state index contributed by atoms with van der Waals surface area (Å²) in [4.78, 5) is 24.5. The van der Waals surface area contributed by atoms with E-state index < -0.39 is 11.5 Å². The summed E-state index contributed by atoms with van der Waals surface area (Å²) in [5.74, 6) is -0.0303. The highest BCUT2D eigenvalue weighted by Gasteiger charge is 2.27. The highest BCUT2D eigenvalue weighted by atomic mass is 32.2. The van der Waals surface area contributed by atoms with Crippen LogP contribution >= 0.6 is 11.8 Å². The number of rotatable bonds is 7. The van der Waals surface area contributed by atoms with Gasteiger partial charge in [0.15, 0.2) is 0 Å². The number of amides is 2. The zero-order valence-electron chi connectivity index (χ0n) is 12.5. The maximum atomic E-state index is 12.3. The molecule has 0 aliphatic heterocycles. The Labute approximate surface area is 120 Å². The molecule has 0 heterocycles. The van der Waals surface area contributed by atoms with Crippen molar-refractivity contribution in [1.82, 2.24) is 10.2 Å². The first-order chi connectivity index (χ1) is 8.72. The molecular weight excluding hydrogens is 264 g/mol. The molecule has 2 N–H and O–H groups in total. The summed E-state index contributed by atoms with van der Waals surface area (Å²) in [5, 5.41) is 11.7. The molecule has 0 fully saturated rings. The quantitative estimate of drug-likeness (QED) is 0.755. The number of nitrogens with zero attached hydrogens (tertiary/aromatic N) is 1. The Bertz CT molecular complexity index is 303. The molecule has 6 heteroatoms. The van der Waals surface area contributed by atoms with E-state index in [0.717, 1.165) is 12.2 Å². The summed E-state index contributed by atoms with van der Waals surface area (Å²) in [6.07, 6.45) is 2.83. The number of urea groups is 1. The zero-order chi connectivity index (χ0) is 15.1. The van der Waals surface area contributed by atoms with E-state index in [9.17, 15) is 9.59 Å². The number of thioether (sulfide) groups is 1. The number of hydrogen-bond donors (Lipinski definition) is 2. The molecule has 0 aromatic heterocycles. The predicted molar refractivity (Wildman–Crippen MR) is 79.7 cm³/mol. The third kappa shape index (κ3) is 7.30. The van der Waals surface area contributed by atoms with Crippen LogP contribution in [0, 0.1) is 0 Å². The van der Waals surface area contributed by atoms with Crippen molar-refractivity contribution in [3.05, 3.63) is 0 Å². The largest absolute Gasteiger partial charge is 0.481 e. The van der Waals surface area contributed by atoms with Gasteiger partial charge in [-0.05, 0) is 33.4 Å². The van der Waals surface area contributed by atoms with Crippen LogP contribution in [0.25, 0.3) is 0 Å². The van der Waals surface area contributed by atoms with E-state index in [-0.39, 0.29) is 25.0 Å². The topological polar surface area (TPSA) is 69.6 Å². The highest BCUT2D eigenvalue weighted by molar-refractivity contribution is 7.98. The molecule has 2 amide bonds. The minimum absolute atomic E-state index is 0.0377. The fraction of sp³-hybridized carbons (Fsp3) is 0.846. The summed E-state index contributed by atoms with van der Waals surface area (Å²) in [6, 6.07) is -0.0631. The van der Waals surface area contributed by atoms with Gasteiger partial charge < -0.3 is 15.3 Å². The molecule has 0 radical (unpaired) electrons. The number of carboxylic acids is 1. The fourth-order valence-electron chi connectivity index (χ4n) is 1.66. The fourth-order valence-corrected chi connectivity index (χ4v) is 2.39. The predicted octanol–water partition coefficient (Wildman–Crippen LogP) is 2.41. The van der Waals surface area contributed by atoms with E-state index in [1.165, 1.54) is 0 Å². The van der Waals surface area contributed by atoms with E-state index >= 15 is 0 Å². The number of carbonyl (C=O) groups excluding carboxylic acids is 1. The van der Waals surface area contributed by atoms with Gasteiger partial charge in [0.05, 0.1) is 6.42 Å². The third-order valence-corrected chi connectivity index (χ3v) is 3.53. The van der Waals surface area contributed by atoms with Crippen LogP contribution in [0.15, 0.2) is 0 Å². The van der Waals surface area contributed by atoms with Crippen molar-refractivity contribution in [3.63, 3.8) is 0 Å². The second kappa shape index (κ2) is 8.30. The average molecular weight is 290 g/mol. The minimum Gasteiger partial charge on any atom is -0.481 e. The average Bonchev–Trinajstić information content (AvgIpc) is 2.26.